The van der Waals surface area contributed by atoms with E-state index in [0.717, 1.165) is 41.5 Å². The average Bonchev–Trinajstić information content (AvgIpc) is 2.86. The minimum absolute atomic E-state index is 0.506. The smallest absolute Gasteiger partial charge is 0.303 e. The maximum atomic E-state index is 15.6. The van der Waals surface area contributed by atoms with Crippen LogP contribution in [-0.2, 0) is 76.1 Å². The minimum Gasteiger partial charge on any atom is -0.463 e. The number of alkyl halides is 1. The maximum absolute atomic E-state index is 15.6. The second-order valence-corrected chi connectivity index (χ2v) is 9.27. The van der Waals surface area contributed by atoms with Gasteiger partial charge in [0, 0.05) is 48.7 Å². The summed E-state index contributed by atoms with van der Waals surface area (Å²) in [5.41, 5.74) is 0. The van der Waals surface area contributed by atoms with Gasteiger partial charge in [0.05, 0.1) is 6.61 Å². The molecule has 17 heteroatoms. The molecule has 2 aliphatic rings. The summed E-state index contributed by atoms with van der Waals surface area (Å²) in [6.07, 6.45) is -15.6. The predicted octanol–water partition coefficient (Wildman–Crippen LogP) is -0.341. The molecule has 2 aliphatic heterocycles. The van der Waals surface area contributed by atoms with Crippen LogP contribution >= 0.6 is 0 Å². The highest BCUT2D eigenvalue weighted by Gasteiger charge is 2.55. The highest BCUT2D eigenvalue weighted by Crippen LogP contribution is 2.33. The van der Waals surface area contributed by atoms with Crippen molar-refractivity contribution >= 4 is 35.8 Å². The van der Waals surface area contributed by atoms with Crippen LogP contribution in [0.15, 0.2) is 0 Å². The number of hydrogen-bond acceptors (Lipinski definition) is 16. The average molecular weight is 611 g/mol. The summed E-state index contributed by atoms with van der Waals surface area (Å²) in [7, 11) is 1.18. The Labute approximate surface area is 240 Å². The van der Waals surface area contributed by atoms with Crippen molar-refractivity contribution in [1.29, 1.82) is 0 Å². The Hall–Kier alpha value is -3.41. The van der Waals surface area contributed by atoms with E-state index in [2.05, 4.69) is 0 Å². The summed E-state index contributed by atoms with van der Waals surface area (Å²) in [5, 5.41) is 0. The van der Waals surface area contributed by atoms with E-state index in [4.69, 9.17) is 47.4 Å². The molecule has 2 heterocycles. The lowest BCUT2D eigenvalue weighted by Crippen LogP contribution is -2.64. The molecule has 0 aliphatic carbocycles. The first kappa shape index (κ1) is 34.8. The Morgan fingerprint density at radius 1 is 0.548 bits per heavy atom. The first-order chi connectivity index (χ1) is 19.6. The third kappa shape index (κ3) is 9.85. The van der Waals surface area contributed by atoms with Crippen molar-refractivity contribution < 1.29 is 80.5 Å². The first-order valence-electron chi connectivity index (χ1n) is 12.7. The molecule has 0 unspecified atom stereocenters. The quantitative estimate of drug-likeness (QED) is 0.217. The van der Waals surface area contributed by atoms with E-state index < -0.39 is 111 Å². The Morgan fingerprint density at radius 3 is 1.45 bits per heavy atom. The summed E-state index contributed by atoms with van der Waals surface area (Å²) >= 11 is 0. The fourth-order valence-corrected chi connectivity index (χ4v) is 4.34. The molecule has 0 aromatic heterocycles. The third-order valence-electron chi connectivity index (χ3n) is 5.78. The van der Waals surface area contributed by atoms with Crippen molar-refractivity contribution in [3.63, 3.8) is 0 Å². The zero-order valence-electron chi connectivity index (χ0n) is 24.1. The van der Waals surface area contributed by atoms with Crippen LogP contribution in [0.25, 0.3) is 0 Å². The summed E-state index contributed by atoms with van der Waals surface area (Å²) in [6.45, 7) is 5.17. The highest BCUT2D eigenvalue weighted by molar-refractivity contribution is 5.69. The van der Waals surface area contributed by atoms with E-state index in [-0.39, 0.29) is 0 Å². The van der Waals surface area contributed by atoms with Crippen LogP contribution < -0.4 is 0 Å². The lowest BCUT2D eigenvalue weighted by molar-refractivity contribution is -0.327. The van der Waals surface area contributed by atoms with E-state index in [9.17, 15) is 28.8 Å². The highest BCUT2D eigenvalue weighted by atomic mass is 19.1. The van der Waals surface area contributed by atoms with Crippen molar-refractivity contribution in [1.82, 2.24) is 0 Å². The summed E-state index contributed by atoms with van der Waals surface area (Å²) in [5.74, 6) is -4.97. The monoisotopic (exact) mass is 610 g/mol. The molecule has 2 saturated heterocycles. The number of hydrogen-bond donors (Lipinski definition) is 0. The maximum Gasteiger partial charge on any atom is 0.303 e. The molecule has 0 amide bonds. The number of esters is 6. The minimum atomic E-state index is -2.13. The number of halogens is 1. The van der Waals surface area contributed by atoms with Crippen molar-refractivity contribution in [2.75, 3.05) is 20.3 Å². The van der Waals surface area contributed by atoms with Crippen LogP contribution in [0.3, 0.4) is 0 Å². The second kappa shape index (κ2) is 15.7. The molecule has 0 aromatic rings. The number of rotatable bonds is 11. The van der Waals surface area contributed by atoms with Gasteiger partial charge in [-0.15, -0.1) is 0 Å². The zero-order chi connectivity index (χ0) is 31.7. The molecule has 0 spiro atoms. The van der Waals surface area contributed by atoms with Gasteiger partial charge in [-0.1, -0.05) is 0 Å². The van der Waals surface area contributed by atoms with E-state index in [1.54, 1.807) is 0 Å². The van der Waals surface area contributed by atoms with Crippen molar-refractivity contribution in [2.45, 2.75) is 103 Å². The first-order valence-corrected chi connectivity index (χ1v) is 12.7. The van der Waals surface area contributed by atoms with Gasteiger partial charge in [0.25, 0.3) is 0 Å². The molecule has 16 nitrogen and oxygen atoms in total. The van der Waals surface area contributed by atoms with Crippen molar-refractivity contribution in [3.8, 4) is 0 Å². The molecule has 2 fully saturated rings. The van der Waals surface area contributed by atoms with E-state index in [1.165, 1.54) is 7.11 Å². The van der Waals surface area contributed by atoms with E-state index >= 15 is 4.39 Å². The molecule has 2 rings (SSSR count). The largest absolute Gasteiger partial charge is 0.463 e. The van der Waals surface area contributed by atoms with E-state index in [0.29, 0.717) is 0 Å². The van der Waals surface area contributed by atoms with Crippen LogP contribution in [0, 0.1) is 0 Å². The molecule has 238 valence electrons. The predicted molar refractivity (Wildman–Crippen MR) is 130 cm³/mol. The topological polar surface area (TPSA) is 195 Å². The van der Waals surface area contributed by atoms with Gasteiger partial charge in [-0.2, -0.15) is 0 Å². The second-order valence-electron chi connectivity index (χ2n) is 9.27. The van der Waals surface area contributed by atoms with Gasteiger partial charge in [-0.3, -0.25) is 28.8 Å². The lowest BCUT2D eigenvalue weighted by Gasteiger charge is -2.45. The third-order valence-corrected chi connectivity index (χ3v) is 5.78. The summed E-state index contributed by atoms with van der Waals surface area (Å²) in [4.78, 5) is 70.6. The standard InChI is InChI=1S/C25H35FO16/c1-10(27)34-9-17-19(36-11(2)28)21(38-13(4)30)23(40-15(6)32)25(42-17)35-8-16-18(26)20(37-12(3)29)22(39-14(5)31)24(33-7)41-16/h16-25H,8-9H2,1-7H3/t16-,17-,18+,19+,20+,21+,22-,23-,24-,25-/m1/s1. The zero-order valence-corrected chi connectivity index (χ0v) is 24.1. The van der Waals surface area contributed by atoms with Gasteiger partial charge >= 0.3 is 35.8 Å². The van der Waals surface area contributed by atoms with Crippen LogP contribution in [0.4, 0.5) is 4.39 Å². The Morgan fingerprint density at radius 2 is 0.976 bits per heavy atom. The molecule has 0 N–H and O–H groups in total. The lowest BCUT2D eigenvalue weighted by atomic mass is 9.97. The normalized spacial score (nSPS) is 32.6. The van der Waals surface area contributed by atoms with Crippen LogP contribution in [0.5, 0.6) is 0 Å². The van der Waals surface area contributed by atoms with Gasteiger partial charge in [0.15, 0.2) is 49.3 Å². The van der Waals surface area contributed by atoms with Crippen LogP contribution in [0.1, 0.15) is 41.5 Å². The van der Waals surface area contributed by atoms with Crippen molar-refractivity contribution in [2.24, 2.45) is 0 Å². The molecule has 0 saturated carbocycles. The Bertz CT molecular complexity index is 1000. The van der Waals surface area contributed by atoms with Crippen molar-refractivity contribution in [3.05, 3.63) is 0 Å². The molecule has 0 aromatic carbocycles. The van der Waals surface area contributed by atoms with Crippen LogP contribution in [0.2, 0.25) is 0 Å². The molecule has 0 radical (unpaired) electrons. The SMILES string of the molecule is CO[C@@H]1O[C@H](CO[C@@H]2O[C@H](COC(C)=O)[C@H](OC(C)=O)[C@H](OC(C)=O)[C@H]2OC(C)=O)[C@H](F)[C@H](OC(C)=O)[C@H]1OC(C)=O. The summed E-state index contributed by atoms with van der Waals surface area (Å²) in [6, 6.07) is 0. The van der Waals surface area contributed by atoms with Gasteiger partial charge in [-0.25, -0.2) is 4.39 Å². The Balaban J connectivity index is 2.40. The van der Waals surface area contributed by atoms with Gasteiger partial charge in [0.1, 0.15) is 18.8 Å². The van der Waals surface area contributed by atoms with Gasteiger partial charge in [0.2, 0.25) is 0 Å². The number of methoxy groups -OCH3 is 1. The molecule has 0 bridgehead atoms. The fourth-order valence-electron chi connectivity index (χ4n) is 4.34. The molecule has 10 atom stereocenters. The number of carbonyl (C=O) groups is 6. The van der Waals surface area contributed by atoms with Crippen LogP contribution in [-0.4, -0.2) is 118 Å². The molecular formula is C25H35FO16. The Kier molecular flexibility index (Phi) is 13.0. The molecule has 42 heavy (non-hydrogen) atoms. The number of carbonyl (C=O) groups excluding carboxylic acids is 6. The van der Waals surface area contributed by atoms with Gasteiger partial charge < -0.3 is 47.4 Å². The number of ether oxygens (including phenoxy) is 10. The molecular weight excluding hydrogens is 575 g/mol. The summed E-state index contributed by atoms with van der Waals surface area (Å²) < 4.78 is 69.0. The van der Waals surface area contributed by atoms with E-state index in [1.807, 2.05) is 0 Å². The fraction of sp³-hybridized carbons (Fsp3) is 0.760. The van der Waals surface area contributed by atoms with Gasteiger partial charge in [-0.05, 0) is 0 Å².